The van der Waals surface area contributed by atoms with Gasteiger partial charge in [-0.1, -0.05) is 96.2 Å². The smallest absolute Gasteiger partial charge is 0.318 e. The first-order chi connectivity index (χ1) is 13.2. The highest BCUT2D eigenvalue weighted by Crippen LogP contribution is 2.59. The second-order valence-corrected chi connectivity index (χ2v) is 6.91. The first-order valence-corrected chi connectivity index (χ1v) is 9.14. The Bertz CT molecular complexity index is 910. The lowest BCUT2D eigenvalue weighted by atomic mass is 9.86. The molecule has 0 heterocycles. The van der Waals surface area contributed by atoms with Crippen LogP contribution in [0, 0.1) is 5.92 Å². The SMILES string of the molecule is C/C(=N/OC(=O)[C@@H]1CC1(c1ccccc1)c1ccccc1)c1ccccc1. The van der Waals surface area contributed by atoms with Gasteiger partial charge in [-0.25, -0.2) is 4.79 Å². The Morgan fingerprint density at radius 2 is 1.33 bits per heavy atom. The zero-order chi connectivity index (χ0) is 18.7. The molecule has 0 saturated heterocycles. The number of oxime groups is 1. The highest BCUT2D eigenvalue weighted by Gasteiger charge is 2.61. The lowest BCUT2D eigenvalue weighted by Gasteiger charge is -2.18. The van der Waals surface area contributed by atoms with Crippen molar-refractivity contribution >= 4 is 11.7 Å². The van der Waals surface area contributed by atoms with Crippen molar-refractivity contribution in [3.05, 3.63) is 108 Å². The molecule has 1 saturated carbocycles. The van der Waals surface area contributed by atoms with Crippen molar-refractivity contribution in [1.29, 1.82) is 0 Å². The summed E-state index contributed by atoms with van der Waals surface area (Å²) in [5.41, 5.74) is 3.59. The molecule has 1 aliphatic rings. The van der Waals surface area contributed by atoms with E-state index in [1.54, 1.807) is 0 Å². The monoisotopic (exact) mass is 355 g/mol. The zero-order valence-electron chi connectivity index (χ0n) is 15.2. The van der Waals surface area contributed by atoms with E-state index in [1.165, 1.54) is 0 Å². The minimum Gasteiger partial charge on any atom is -0.318 e. The van der Waals surface area contributed by atoms with Crippen LogP contribution < -0.4 is 0 Å². The normalized spacial score (nSPS) is 18.0. The minimum atomic E-state index is -0.324. The molecule has 0 N–H and O–H groups in total. The zero-order valence-corrected chi connectivity index (χ0v) is 15.2. The Morgan fingerprint density at radius 3 is 1.85 bits per heavy atom. The fourth-order valence-electron chi connectivity index (χ4n) is 3.73. The Balaban J connectivity index is 1.58. The van der Waals surface area contributed by atoms with E-state index in [0.29, 0.717) is 5.71 Å². The summed E-state index contributed by atoms with van der Waals surface area (Å²) in [6.07, 6.45) is 0.736. The predicted octanol–water partition coefficient (Wildman–Crippen LogP) is 4.96. The van der Waals surface area contributed by atoms with E-state index in [2.05, 4.69) is 29.4 Å². The highest BCUT2D eigenvalue weighted by atomic mass is 16.7. The molecule has 0 bridgehead atoms. The van der Waals surface area contributed by atoms with Gasteiger partial charge in [0.2, 0.25) is 0 Å². The van der Waals surface area contributed by atoms with Gasteiger partial charge in [-0.05, 0) is 30.0 Å². The van der Waals surface area contributed by atoms with Crippen LogP contribution >= 0.6 is 0 Å². The first kappa shape index (κ1) is 17.2. The maximum atomic E-state index is 12.8. The fraction of sp³-hybridized carbons (Fsp3) is 0.167. The van der Waals surface area contributed by atoms with Gasteiger partial charge in [-0.2, -0.15) is 0 Å². The summed E-state index contributed by atoms with van der Waals surface area (Å²) in [6, 6.07) is 30.1. The van der Waals surface area contributed by atoms with E-state index in [9.17, 15) is 4.79 Å². The second-order valence-electron chi connectivity index (χ2n) is 6.91. The summed E-state index contributed by atoms with van der Waals surface area (Å²) >= 11 is 0. The van der Waals surface area contributed by atoms with Crippen LogP contribution in [0.2, 0.25) is 0 Å². The van der Waals surface area contributed by atoms with Crippen molar-refractivity contribution in [2.24, 2.45) is 11.1 Å². The van der Waals surface area contributed by atoms with Crippen molar-refractivity contribution in [2.45, 2.75) is 18.8 Å². The lowest BCUT2D eigenvalue weighted by molar-refractivity contribution is -0.145. The molecule has 1 atom stereocenters. The third kappa shape index (κ3) is 3.28. The van der Waals surface area contributed by atoms with Gasteiger partial charge in [-0.15, -0.1) is 0 Å². The average Bonchev–Trinajstić information content (AvgIpc) is 3.51. The summed E-state index contributed by atoms with van der Waals surface area (Å²) in [6.45, 7) is 1.84. The van der Waals surface area contributed by atoms with Crippen LogP contribution in [-0.2, 0) is 15.0 Å². The standard InChI is InChI=1S/C24H21NO2/c1-18(19-11-5-2-6-12-19)25-27-23(26)22-17-24(22,20-13-7-3-8-14-20)21-15-9-4-10-16-21/h2-16,22H,17H2,1H3/b25-18-/t22-/m0/s1. The number of rotatable bonds is 5. The van der Waals surface area contributed by atoms with Crippen LogP contribution in [0.15, 0.2) is 96.2 Å². The molecule has 134 valence electrons. The van der Waals surface area contributed by atoms with Crippen molar-refractivity contribution in [3.63, 3.8) is 0 Å². The Kier molecular flexibility index (Phi) is 4.59. The summed E-state index contributed by atoms with van der Waals surface area (Å²) in [4.78, 5) is 18.1. The molecule has 0 amide bonds. The molecule has 1 aliphatic carbocycles. The summed E-state index contributed by atoms with van der Waals surface area (Å²) in [5.74, 6) is -0.507. The fourth-order valence-corrected chi connectivity index (χ4v) is 3.73. The summed E-state index contributed by atoms with van der Waals surface area (Å²) < 4.78 is 0. The van der Waals surface area contributed by atoms with Gasteiger partial charge in [0.05, 0.1) is 11.6 Å². The first-order valence-electron chi connectivity index (χ1n) is 9.14. The van der Waals surface area contributed by atoms with Crippen LogP contribution in [-0.4, -0.2) is 11.7 Å². The number of benzene rings is 3. The van der Waals surface area contributed by atoms with Crippen molar-refractivity contribution in [3.8, 4) is 0 Å². The topological polar surface area (TPSA) is 38.7 Å². The van der Waals surface area contributed by atoms with Crippen LogP contribution in [0.1, 0.15) is 30.0 Å². The van der Waals surface area contributed by atoms with E-state index in [-0.39, 0.29) is 17.3 Å². The summed E-state index contributed by atoms with van der Waals surface area (Å²) in [5, 5.41) is 4.08. The van der Waals surface area contributed by atoms with E-state index < -0.39 is 0 Å². The lowest BCUT2D eigenvalue weighted by Crippen LogP contribution is -2.18. The van der Waals surface area contributed by atoms with E-state index in [1.807, 2.05) is 73.7 Å². The maximum Gasteiger partial charge on any atom is 0.339 e. The number of hydrogen-bond donors (Lipinski definition) is 0. The third-order valence-corrected chi connectivity index (χ3v) is 5.29. The van der Waals surface area contributed by atoms with Gasteiger partial charge in [-0.3, -0.25) is 0 Å². The molecule has 3 heteroatoms. The largest absolute Gasteiger partial charge is 0.339 e. The minimum absolute atomic E-state index is 0.227. The molecule has 3 aromatic rings. The molecule has 0 unspecified atom stereocenters. The Labute approximate surface area is 159 Å². The second kappa shape index (κ2) is 7.20. The highest BCUT2D eigenvalue weighted by molar-refractivity contribution is 5.98. The third-order valence-electron chi connectivity index (χ3n) is 5.29. The Hall–Kier alpha value is -3.20. The van der Waals surface area contributed by atoms with Gasteiger partial charge >= 0.3 is 5.97 Å². The Morgan fingerprint density at radius 1 is 0.852 bits per heavy atom. The molecule has 4 rings (SSSR count). The van der Waals surface area contributed by atoms with E-state index in [4.69, 9.17) is 4.84 Å². The van der Waals surface area contributed by atoms with Gasteiger partial charge in [0, 0.05) is 5.41 Å². The molecular formula is C24H21NO2. The maximum absolute atomic E-state index is 12.8. The van der Waals surface area contributed by atoms with Crippen LogP contribution in [0.4, 0.5) is 0 Å². The van der Waals surface area contributed by atoms with Crippen LogP contribution in [0.25, 0.3) is 0 Å². The average molecular weight is 355 g/mol. The van der Waals surface area contributed by atoms with Crippen molar-refractivity contribution < 1.29 is 9.63 Å². The quantitative estimate of drug-likeness (QED) is 0.369. The number of carbonyl (C=O) groups excluding carboxylic acids is 1. The molecule has 3 aromatic carbocycles. The molecule has 0 aromatic heterocycles. The number of nitrogens with zero attached hydrogens (tertiary/aromatic N) is 1. The van der Waals surface area contributed by atoms with Gasteiger partial charge in [0.1, 0.15) is 0 Å². The molecular weight excluding hydrogens is 334 g/mol. The van der Waals surface area contributed by atoms with Crippen molar-refractivity contribution in [1.82, 2.24) is 0 Å². The predicted molar refractivity (Wildman–Crippen MR) is 107 cm³/mol. The molecule has 1 fully saturated rings. The van der Waals surface area contributed by atoms with Gasteiger partial charge in [0.15, 0.2) is 0 Å². The number of hydrogen-bond acceptors (Lipinski definition) is 3. The van der Waals surface area contributed by atoms with Gasteiger partial charge < -0.3 is 4.84 Å². The molecule has 27 heavy (non-hydrogen) atoms. The number of carbonyl (C=O) groups is 1. The molecule has 3 nitrogen and oxygen atoms in total. The van der Waals surface area contributed by atoms with Gasteiger partial charge in [0.25, 0.3) is 0 Å². The van der Waals surface area contributed by atoms with Crippen LogP contribution in [0.3, 0.4) is 0 Å². The van der Waals surface area contributed by atoms with Crippen LogP contribution in [0.5, 0.6) is 0 Å². The van der Waals surface area contributed by atoms with E-state index in [0.717, 1.165) is 23.1 Å². The van der Waals surface area contributed by atoms with E-state index >= 15 is 0 Å². The molecule has 0 aliphatic heterocycles. The molecule has 0 radical (unpaired) electrons. The molecule has 0 spiro atoms. The summed E-state index contributed by atoms with van der Waals surface area (Å²) in [7, 11) is 0. The van der Waals surface area contributed by atoms with Crippen molar-refractivity contribution in [2.75, 3.05) is 0 Å².